The van der Waals surface area contributed by atoms with Crippen LogP contribution in [0.4, 0.5) is 5.69 Å². The number of carbonyl (C=O) groups excluding carboxylic acids is 3. The van der Waals surface area contributed by atoms with Gasteiger partial charge in [0.05, 0.1) is 12.2 Å². The third-order valence-electron chi connectivity index (χ3n) is 6.93. The van der Waals surface area contributed by atoms with E-state index < -0.39 is 0 Å². The van der Waals surface area contributed by atoms with E-state index in [1.165, 1.54) is 0 Å². The molecule has 0 spiro atoms. The predicted molar refractivity (Wildman–Crippen MR) is 163 cm³/mol. The number of fused-ring (bicyclic) bond motifs is 1. The van der Waals surface area contributed by atoms with E-state index in [4.69, 9.17) is 5.73 Å². The summed E-state index contributed by atoms with van der Waals surface area (Å²) in [4.78, 5) is 47.2. The number of benzene rings is 2. The molecule has 3 rings (SSSR count). The third kappa shape index (κ3) is 7.46. The Labute approximate surface area is 237 Å². The maximum atomic E-state index is 13.3. The number of aliphatic imine (C=N–C) groups is 1. The van der Waals surface area contributed by atoms with Gasteiger partial charge < -0.3 is 20.4 Å². The van der Waals surface area contributed by atoms with Gasteiger partial charge in [0.15, 0.2) is 6.29 Å². The van der Waals surface area contributed by atoms with Crippen LogP contribution in [-0.2, 0) is 9.59 Å². The summed E-state index contributed by atoms with van der Waals surface area (Å²) in [6.45, 7) is 7.71. The highest BCUT2D eigenvalue weighted by Crippen LogP contribution is 2.33. The summed E-state index contributed by atoms with van der Waals surface area (Å²) in [7, 11) is 5.30. The Morgan fingerprint density at radius 2 is 1.62 bits per heavy atom. The largest absolute Gasteiger partial charge is 0.387 e. The van der Waals surface area contributed by atoms with Gasteiger partial charge in [0.2, 0.25) is 11.8 Å². The molecule has 0 saturated carbocycles. The van der Waals surface area contributed by atoms with Crippen molar-refractivity contribution in [3.8, 4) is 11.1 Å². The van der Waals surface area contributed by atoms with Crippen LogP contribution in [0.15, 0.2) is 52.7 Å². The second kappa shape index (κ2) is 13.7. The molecular weight excluding hydrogens is 502 g/mol. The minimum atomic E-state index is -0.00763. The van der Waals surface area contributed by atoms with Crippen LogP contribution in [-0.4, -0.2) is 79.4 Å². The van der Waals surface area contributed by atoms with E-state index in [1.807, 2.05) is 66.3 Å². The zero-order chi connectivity index (χ0) is 29.4. The number of amides is 2. The van der Waals surface area contributed by atoms with E-state index >= 15 is 0 Å². The van der Waals surface area contributed by atoms with Gasteiger partial charge in [0.25, 0.3) is 0 Å². The number of allylic oxidation sites excluding steroid dienone is 1. The molecule has 2 amide bonds. The highest BCUT2D eigenvalue weighted by atomic mass is 16.2. The number of aldehydes is 1. The normalized spacial score (nSPS) is 13.0. The van der Waals surface area contributed by atoms with Crippen LogP contribution in [0.2, 0.25) is 0 Å². The van der Waals surface area contributed by atoms with Gasteiger partial charge >= 0.3 is 0 Å². The van der Waals surface area contributed by atoms with Crippen molar-refractivity contribution in [2.75, 3.05) is 40.8 Å². The molecule has 2 N–H and O–H groups in total. The summed E-state index contributed by atoms with van der Waals surface area (Å²) in [6, 6.07) is 11.6. The molecule has 8 heteroatoms. The fraction of sp³-hybridized carbons (Fsp3) is 0.375. The zero-order valence-corrected chi connectivity index (χ0v) is 24.5. The summed E-state index contributed by atoms with van der Waals surface area (Å²) in [5, 5.41) is 0. The SMILES string of the molecule is CCCN(CCC)C(=O)C1=Cc2ccc(-c3ccc(C=O)c(/C=C(/C)N(C)CC(=O)N(C)C)c3)cc2N=C(N)C1. The number of hydrogen-bond donors (Lipinski definition) is 1. The molecule has 0 bridgehead atoms. The van der Waals surface area contributed by atoms with Crippen molar-refractivity contribution in [1.29, 1.82) is 0 Å². The van der Waals surface area contributed by atoms with E-state index in [0.717, 1.165) is 47.1 Å². The first-order chi connectivity index (χ1) is 19.1. The molecule has 0 unspecified atom stereocenters. The van der Waals surface area contributed by atoms with Crippen molar-refractivity contribution in [1.82, 2.24) is 14.7 Å². The maximum Gasteiger partial charge on any atom is 0.250 e. The van der Waals surface area contributed by atoms with Gasteiger partial charge in [0, 0.05) is 63.1 Å². The molecule has 0 aromatic heterocycles. The molecule has 40 heavy (non-hydrogen) atoms. The molecule has 1 aliphatic heterocycles. The number of nitrogens with two attached hydrogens (primary N) is 1. The summed E-state index contributed by atoms with van der Waals surface area (Å²) in [5.74, 6) is 0.397. The van der Waals surface area contributed by atoms with Crippen molar-refractivity contribution in [3.63, 3.8) is 0 Å². The lowest BCUT2D eigenvalue weighted by Gasteiger charge is -2.22. The highest BCUT2D eigenvalue weighted by Gasteiger charge is 2.21. The lowest BCUT2D eigenvalue weighted by Crippen LogP contribution is -2.34. The quantitative estimate of drug-likeness (QED) is 0.404. The highest BCUT2D eigenvalue weighted by molar-refractivity contribution is 6.05. The van der Waals surface area contributed by atoms with Crippen LogP contribution in [0.1, 0.15) is 61.5 Å². The third-order valence-corrected chi connectivity index (χ3v) is 6.93. The summed E-state index contributed by atoms with van der Waals surface area (Å²) in [5.41, 5.74) is 12.5. The Morgan fingerprint density at radius 1 is 0.975 bits per heavy atom. The van der Waals surface area contributed by atoms with Crippen LogP contribution < -0.4 is 5.73 Å². The number of rotatable bonds is 11. The van der Waals surface area contributed by atoms with Gasteiger partial charge in [-0.1, -0.05) is 38.1 Å². The molecule has 1 aliphatic rings. The predicted octanol–water partition coefficient (Wildman–Crippen LogP) is 4.97. The van der Waals surface area contributed by atoms with Crippen molar-refractivity contribution in [2.24, 2.45) is 10.7 Å². The first kappa shape index (κ1) is 30.3. The second-order valence-corrected chi connectivity index (χ2v) is 10.4. The summed E-state index contributed by atoms with van der Waals surface area (Å²) in [6.07, 6.45) is 6.74. The molecule has 8 nitrogen and oxygen atoms in total. The first-order valence-corrected chi connectivity index (χ1v) is 13.7. The second-order valence-electron chi connectivity index (χ2n) is 10.4. The number of likely N-dealkylation sites (N-methyl/N-ethyl adjacent to an activating group) is 2. The minimum absolute atomic E-state index is 0.00674. The van der Waals surface area contributed by atoms with Crippen molar-refractivity contribution in [2.45, 2.75) is 40.0 Å². The Hall–Kier alpha value is -4.20. The van der Waals surface area contributed by atoms with E-state index in [0.29, 0.717) is 42.2 Å². The van der Waals surface area contributed by atoms with Crippen LogP contribution in [0, 0.1) is 0 Å². The monoisotopic (exact) mass is 543 g/mol. The molecule has 212 valence electrons. The van der Waals surface area contributed by atoms with E-state index in [9.17, 15) is 14.4 Å². The van der Waals surface area contributed by atoms with Crippen LogP contribution in [0.3, 0.4) is 0 Å². The van der Waals surface area contributed by atoms with Gasteiger partial charge in [-0.2, -0.15) is 0 Å². The molecule has 0 aliphatic carbocycles. The number of nitrogens with zero attached hydrogens (tertiary/aromatic N) is 4. The topological polar surface area (TPSA) is 99.3 Å². The molecule has 0 radical (unpaired) electrons. The van der Waals surface area contributed by atoms with Crippen LogP contribution in [0.5, 0.6) is 0 Å². The summed E-state index contributed by atoms with van der Waals surface area (Å²) < 4.78 is 0. The Balaban J connectivity index is 1.97. The molecule has 2 aromatic carbocycles. The van der Waals surface area contributed by atoms with Crippen LogP contribution in [0.25, 0.3) is 23.3 Å². The first-order valence-electron chi connectivity index (χ1n) is 13.7. The number of hydrogen-bond acceptors (Lipinski definition) is 6. The Morgan fingerprint density at radius 3 is 2.25 bits per heavy atom. The summed E-state index contributed by atoms with van der Waals surface area (Å²) >= 11 is 0. The van der Waals surface area contributed by atoms with Crippen LogP contribution >= 0.6 is 0 Å². The molecule has 0 atom stereocenters. The Bertz CT molecular complexity index is 1350. The fourth-order valence-corrected chi connectivity index (χ4v) is 4.56. The molecule has 0 saturated heterocycles. The standard InChI is InChI=1S/C32H41N5O3/c1-7-13-37(14-8-2)32(40)28-17-25-11-9-24(18-29(25)34-30(33)19-28)23-10-12-26(21-38)27(16-23)15-22(3)36(6)20-31(39)35(4)5/h9-12,15-18,21H,7-8,13-14,19-20H2,1-6H3,(H2,33,34)/b22-15-. The van der Waals surface area contributed by atoms with E-state index in [-0.39, 0.29) is 18.4 Å². The van der Waals surface area contributed by atoms with Gasteiger partial charge in [-0.15, -0.1) is 0 Å². The smallest absolute Gasteiger partial charge is 0.250 e. The Kier molecular flexibility index (Phi) is 10.4. The molecular formula is C32H41N5O3. The van der Waals surface area contributed by atoms with Crippen molar-refractivity contribution in [3.05, 3.63) is 64.4 Å². The van der Waals surface area contributed by atoms with Gasteiger partial charge in [0.1, 0.15) is 5.84 Å². The van der Waals surface area contributed by atoms with E-state index in [1.54, 1.807) is 25.1 Å². The average Bonchev–Trinajstić information content (AvgIpc) is 3.09. The fourth-order valence-electron chi connectivity index (χ4n) is 4.56. The van der Waals surface area contributed by atoms with Gasteiger partial charge in [-0.05, 0) is 60.7 Å². The van der Waals surface area contributed by atoms with Crippen molar-refractivity contribution < 1.29 is 14.4 Å². The van der Waals surface area contributed by atoms with Gasteiger partial charge in [-0.25, -0.2) is 4.99 Å². The number of amidine groups is 1. The van der Waals surface area contributed by atoms with E-state index in [2.05, 4.69) is 18.8 Å². The molecule has 1 heterocycles. The number of carbonyl (C=O) groups is 3. The zero-order valence-electron chi connectivity index (χ0n) is 24.5. The maximum absolute atomic E-state index is 13.3. The molecule has 0 fully saturated rings. The minimum Gasteiger partial charge on any atom is -0.387 e. The van der Waals surface area contributed by atoms with Gasteiger partial charge in [-0.3, -0.25) is 14.4 Å². The lowest BCUT2D eigenvalue weighted by atomic mass is 9.97. The van der Waals surface area contributed by atoms with Crippen molar-refractivity contribution >= 4 is 41.8 Å². The molecule has 2 aromatic rings. The lowest BCUT2D eigenvalue weighted by molar-refractivity contribution is -0.129. The average molecular weight is 544 g/mol.